The Morgan fingerprint density at radius 2 is 1.67 bits per heavy atom. The monoisotopic (exact) mass is 367 g/mol. The standard InChI is InChI=1S/C21H21NO5/c1-4-27-19-12-14(9-10-18(19)26-3)17(11-13(2)23)22-20(24)15-7-5-6-8-16(15)21(22)25/h5-10,12,17H,4,11H2,1-3H3/t17-/m1/s1. The lowest BCUT2D eigenvalue weighted by molar-refractivity contribution is -0.117. The van der Waals surface area contributed by atoms with Crippen molar-refractivity contribution in [1.29, 1.82) is 0 Å². The smallest absolute Gasteiger partial charge is 0.262 e. The lowest BCUT2D eigenvalue weighted by Crippen LogP contribution is -2.35. The third-order valence-electron chi connectivity index (χ3n) is 4.49. The van der Waals surface area contributed by atoms with E-state index in [-0.39, 0.29) is 12.2 Å². The summed E-state index contributed by atoms with van der Waals surface area (Å²) in [5.74, 6) is 0.142. The van der Waals surface area contributed by atoms with Crippen molar-refractivity contribution < 1.29 is 23.9 Å². The summed E-state index contributed by atoms with van der Waals surface area (Å²) in [4.78, 5) is 38.8. The van der Waals surface area contributed by atoms with Gasteiger partial charge in [-0.15, -0.1) is 0 Å². The number of ether oxygens (including phenoxy) is 2. The van der Waals surface area contributed by atoms with Crippen LogP contribution in [0.4, 0.5) is 0 Å². The molecule has 2 amide bonds. The van der Waals surface area contributed by atoms with Gasteiger partial charge in [0, 0.05) is 6.42 Å². The number of benzene rings is 2. The van der Waals surface area contributed by atoms with Crippen LogP contribution in [0.3, 0.4) is 0 Å². The first-order chi connectivity index (χ1) is 13.0. The Bertz CT molecular complexity index is 870. The molecular weight excluding hydrogens is 346 g/mol. The molecule has 0 unspecified atom stereocenters. The van der Waals surface area contributed by atoms with Gasteiger partial charge in [0.05, 0.1) is 30.9 Å². The molecule has 6 nitrogen and oxygen atoms in total. The number of methoxy groups -OCH3 is 1. The summed E-state index contributed by atoms with van der Waals surface area (Å²) in [5, 5.41) is 0. The van der Waals surface area contributed by atoms with Crippen LogP contribution < -0.4 is 9.47 Å². The average Bonchev–Trinajstić information content (AvgIpc) is 2.91. The number of rotatable bonds is 7. The Balaban J connectivity index is 2.06. The van der Waals surface area contributed by atoms with Crippen LogP contribution in [-0.2, 0) is 4.79 Å². The maximum Gasteiger partial charge on any atom is 0.262 e. The molecular formula is C21H21NO5. The Morgan fingerprint density at radius 1 is 1.04 bits per heavy atom. The van der Waals surface area contributed by atoms with E-state index in [0.717, 1.165) is 0 Å². The molecule has 0 bridgehead atoms. The maximum absolute atomic E-state index is 12.9. The van der Waals surface area contributed by atoms with E-state index in [1.807, 2.05) is 6.92 Å². The normalized spacial score (nSPS) is 14.1. The molecule has 2 aromatic rings. The lowest BCUT2D eigenvalue weighted by Gasteiger charge is -2.26. The largest absolute Gasteiger partial charge is 0.493 e. The molecule has 0 saturated heterocycles. The zero-order valence-electron chi connectivity index (χ0n) is 15.5. The molecule has 0 radical (unpaired) electrons. The number of hydrogen-bond donors (Lipinski definition) is 0. The average molecular weight is 367 g/mol. The molecule has 2 aromatic carbocycles. The second kappa shape index (κ2) is 7.61. The summed E-state index contributed by atoms with van der Waals surface area (Å²) in [6, 6.07) is 11.2. The third kappa shape index (κ3) is 3.43. The van der Waals surface area contributed by atoms with E-state index in [1.54, 1.807) is 42.5 Å². The fourth-order valence-corrected chi connectivity index (χ4v) is 3.29. The van der Waals surface area contributed by atoms with Crippen LogP contribution in [0.1, 0.15) is 52.6 Å². The number of hydrogen-bond acceptors (Lipinski definition) is 5. The number of imide groups is 1. The predicted molar refractivity (Wildman–Crippen MR) is 99.1 cm³/mol. The summed E-state index contributed by atoms with van der Waals surface area (Å²) in [7, 11) is 1.54. The van der Waals surface area contributed by atoms with Crippen LogP contribution in [0.25, 0.3) is 0 Å². The predicted octanol–water partition coefficient (Wildman–Crippen LogP) is 3.41. The van der Waals surface area contributed by atoms with Crippen molar-refractivity contribution in [3.8, 4) is 11.5 Å². The Hall–Kier alpha value is -3.15. The lowest BCUT2D eigenvalue weighted by atomic mass is 9.99. The molecule has 140 valence electrons. The second-order valence-corrected chi connectivity index (χ2v) is 6.29. The quantitative estimate of drug-likeness (QED) is 0.701. The van der Waals surface area contributed by atoms with Crippen LogP contribution in [0.2, 0.25) is 0 Å². The second-order valence-electron chi connectivity index (χ2n) is 6.29. The Kier molecular flexibility index (Phi) is 5.26. The number of ketones is 1. The van der Waals surface area contributed by atoms with Gasteiger partial charge in [0.2, 0.25) is 0 Å². The first-order valence-electron chi connectivity index (χ1n) is 8.75. The van der Waals surface area contributed by atoms with E-state index in [9.17, 15) is 14.4 Å². The van der Waals surface area contributed by atoms with Crippen molar-refractivity contribution >= 4 is 17.6 Å². The summed E-state index contributed by atoms with van der Waals surface area (Å²) < 4.78 is 10.9. The van der Waals surface area contributed by atoms with Crippen molar-refractivity contribution in [1.82, 2.24) is 4.90 Å². The van der Waals surface area contributed by atoms with Crippen molar-refractivity contribution in [2.45, 2.75) is 26.3 Å². The van der Waals surface area contributed by atoms with Crippen molar-refractivity contribution in [2.75, 3.05) is 13.7 Å². The van der Waals surface area contributed by atoms with E-state index >= 15 is 0 Å². The number of carbonyl (C=O) groups excluding carboxylic acids is 3. The minimum absolute atomic E-state index is 0.0311. The van der Waals surface area contributed by atoms with Gasteiger partial charge in [-0.05, 0) is 43.7 Å². The zero-order chi connectivity index (χ0) is 19.6. The van der Waals surface area contributed by atoms with Gasteiger partial charge < -0.3 is 9.47 Å². The highest BCUT2D eigenvalue weighted by molar-refractivity contribution is 6.21. The summed E-state index contributed by atoms with van der Waals surface area (Å²) >= 11 is 0. The zero-order valence-corrected chi connectivity index (χ0v) is 15.5. The molecule has 6 heteroatoms. The number of carbonyl (C=O) groups is 3. The number of Topliss-reactive ketones (excluding diaryl/α,β-unsaturated/α-hetero) is 1. The van der Waals surface area contributed by atoms with Gasteiger partial charge in [0.15, 0.2) is 11.5 Å². The number of nitrogens with zero attached hydrogens (tertiary/aromatic N) is 1. The minimum Gasteiger partial charge on any atom is -0.493 e. The fraction of sp³-hybridized carbons (Fsp3) is 0.286. The first-order valence-corrected chi connectivity index (χ1v) is 8.75. The van der Waals surface area contributed by atoms with Gasteiger partial charge in [0.1, 0.15) is 5.78 Å². The molecule has 0 aromatic heterocycles. The molecule has 1 heterocycles. The maximum atomic E-state index is 12.9. The van der Waals surface area contributed by atoms with Crippen LogP contribution in [-0.4, -0.2) is 36.2 Å². The molecule has 0 N–H and O–H groups in total. The van der Waals surface area contributed by atoms with E-state index in [2.05, 4.69) is 0 Å². The SMILES string of the molecule is CCOc1cc([C@@H](CC(C)=O)N2C(=O)c3ccccc3C2=O)ccc1OC. The Morgan fingerprint density at radius 3 is 2.19 bits per heavy atom. The summed E-state index contributed by atoms with van der Waals surface area (Å²) in [6.07, 6.45) is 0.0311. The van der Waals surface area contributed by atoms with E-state index in [1.165, 1.54) is 18.9 Å². The highest BCUT2D eigenvalue weighted by Crippen LogP contribution is 2.37. The van der Waals surface area contributed by atoms with Crippen LogP contribution in [0.5, 0.6) is 11.5 Å². The van der Waals surface area contributed by atoms with Gasteiger partial charge >= 0.3 is 0 Å². The molecule has 27 heavy (non-hydrogen) atoms. The molecule has 0 saturated carbocycles. The third-order valence-corrected chi connectivity index (χ3v) is 4.49. The van der Waals surface area contributed by atoms with Crippen LogP contribution in [0, 0.1) is 0 Å². The molecule has 1 aliphatic heterocycles. The summed E-state index contributed by atoms with van der Waals surface area (Å²) in [5.41, 5.74) is 1.35. The van der Waals surface area contributed by atoms with Crippen LogP contribution >= 0.6 is 0 Å². The Labute approximate surface area is 157 Å². The highest BCUT2D eigenvalue weighted by atomic mass is 16.5. The van der Waals surface area contributed by atoms with E-state index in [4.69, 9.17) is 9.47 Å². The minimum atomic E-state index is -0.708. The van der Waals surface area contributed by atoms with Gasteiger partial charge in [-0.2, -0.15) is 0 Å². The summed E-state index contributed by atoms with van der Waals surface area (Å²) in [6.45, 7) is 3.73. The van der Waals surface area contributed by atoms with Crippen molar-refractivity contribution in [3.05, 3.63) is 59.2 Å². The fourth-order valence-electron chi connectivity index (χ4n) is 3.29. The van der Waals surface area contributed by atoms with E-state index in [0.29, 0.717) is 34.8 Å². The van der Waals surface area contributed by atoms with Gasteiger partial charge in [0.25, 0.3) is 11.8 Å². The van der Waals surface area contributed by atoms with Gasteiger partial charge in [-0.3, -0.25) is 19.3 Å². The molecule has 0 spiro atoms. The van der Waals surface area contributed by atoms with Gasteiger partial charge in [-0.25, -0.2) is 0 Å². The first kappa shape index (κ1) is 18.6. The van der Waals surface area contributed by atoms with E-state index < -0.39 is 17.9 Å². The molecule has 1 atom stereocenters. The molecule has 1 aliphatic rings. The molecule has 3 rings (SSSR count). The van der Waals surface area contributed by atoms with Crippen LogP contribution in [0.15, 0.2) is 42.5 Å². The number of amides is 2. The van der Waals surface area contributed by atoms with Crippen molar-refractivity contribution in [3.63, 3.8) is 0 Å². The molecule has 0 fully saturated rings. The van der Waals surface area contributed by atoms with Crippen molar-refractivity contribution in [2.24, 2.45) is 0 Å². The topological polar surface area (TPSA) is 72.9 Å². The number of fused-ring (bicyclic) bond motifs is 1. The highest BCUT2D eigenvalue weighted by Gasteiger charge is 2.40. The van der Waals surface area contributed by atoms with Gasteiger partial charge in [-0.1, -0.05) is 18.2 Å². The molecule has 0 aliphatic carbocycles.